The molecule has 0 amide bonds. The van der Waals surface area contributed by atoms with E-state index in [0.717, 1.165) is 12.1 Å². The number of rotatable bonds is 18. The predicted molar refractivity (Wildman–Crippen MR) is 202 cm³/mol. The van der Waals surface area contributed by atoms with Crippen molar-refractivity contribution in [1.29, 1.82) is 0 Å². The summed E-state index contributed by atoms with van der Waals surface area (Å²) in [7, 11) is -9.74. The van der Waals surface area contributed by atoms with Gasteiger partial charge in [-0.3, -0.25) is 9.11 Å². The second-order valence-electron chi connectivity index (χ2n) is 10.4. The third-order valence-electron chi connectivity index (χ3n) is 6.78. The molecule has 4 aromatic rings. The van der Waals surface area contributed by atoms with Crippen molar-refractivity contribution in [2.45, 2.75) is 9.79 Å². The molecule has 0 spiro atoms. The van der Waals surface area contributed by atoms with Crippen molar-refractivity contribution in [3.63, 3.8) is 0 Å². The molecule has 0 fully saturated rings. The first-order valence-electron chi connectivity index (χ1n) is 14.9. The first kappa shape index (κ1) is 47.8. The zero-order chi connectivity index (χ0) is 38.1. The van der Waals surface area contributed by atoms with Gasteiger partial charge in [-0.1, -0.05) is 24.3 Å². The minimum absolute atomic E-state index is 0. The van der Waals surface area contributed by atoms with Crippen molar-refractivity contribution in [2.75, 3.05) is 73.0 Å². The van der Waals surface area contributed by atoms with Crippen molar-refractivity contribution >= 4 is 150 Å². The van der Waals surface area contributed by atoms with Gasteiger partial charge in [-0.15, -0.1) is 0 Å². The molecular formula is C28H32Cl2N10Na2O10S2. The minimum atomic E-state index is -4.87. The van der Waals surface area contributed by atoms with E-state index in [-0.39, 0.29) is 169 Å². The molecule has 0 saturated heterocycles. The molecule has 20 nitrogen and oxygen atoms in total. The van der Waals surface area contributed by atoms with Gasteiger partial charge in [0.25, 0.3) is 20.2 Å². The maximum Gasteiger partial charge on any atom is 0.295 e. The van der Waals surface area contributed by atoms with Gasteiger partial charge in [-0.05, 0) is 58.6 Å². The van der Waals surface area contributed by atoms with Gasteiger partial charge in [0.15, 0.2) is 0 Å². The average molecular weight is 850 g/mol. The van der Waals surface area contributed by atoms with Crippen molar-refractivity contribution in [3.8, 4) is 0 Å². The van der Waals surface area contributed by atoms with Crippen LogP contribution in [-0.2, 0) is 20.2 Å². The molecule has 0 bridgehead atoms. The molecule has 282 valence electrons. The summed E-state index contributed by atoms with van der Waals surface area (Å²) in [5, 5.41) is 42.3. The number of nitrogens with zero attached hydrogens (tertiary/aromatic N) is 8. The summed E-state index contributed by atoms with van der Waals surface area (Å²) in [6.07, 6.45) is 2.39. The quantitative estimate of drug-likeness (QED) is 0.0380. The Morgan fingerprint density at radius 1 is 0.574 bits per heavy atom. The van der Waals surface area contributed by atoms with Gasteiger partial charge in [0.2, 0.25) is 34.4 Å². The standard InChI is InChI=1S/C28H32Cl2N10O10S2.2Na/c29-23-33-25(37-27(35-23)39(7-11-41)8-12-42)31-19-5-3-17(21(15-19)51(45,46)47)1-2-18-4-6-20(16-22(18)52(48,49)50)32-26-34-24(30)36-28(38-26)40(9-13-43)10-14-44;;/h1-6,15-16,41-44H,7-14H2,(H,45,46,47)(H,48,49,50)(H,31,33,35,37)(H,32,34,36,38);;. The number of aromatic nitrogens is 6. The van der Waals surface area contributed by atoms with Crippen molar-refractivity contribution < 1.29 is 46.4 Å². The maximum absolute atomic E-state index is 12.4. The molecule has 26 heteroatoms. The third-order valence-corrected chi connectivity index (χ3v) is 8.93. The Morgan fingerprint density at radius 3 is 1.20 bits per heavy atom. The van der Waals surface area contributed by atoms with E-state index < -0.39 is 30.0 Å². The Balaban J connectivity index is 0.00000504. The van der Waals surface area contributed by atoms with Crippen LogP contribution in [0.3, 0.4) is 0 Å². The predicted octanol–water partition coefficient (Wildman–Crippen LogP) is 0.335. The number of anilines is 6. The molecule has 54 heavy (non-hydrogen) atoms. The molecule has 0 saturated carbocycles. The van der Waals surface area contributed by atoms with E-state index in [1.54, 1.807) is 0 Å². The van der Waals surface area contributed by atoms with Crippen LogP contribution in [-0.4, -0.2) is 188 Å². The molecule has 0 aliphatic heterocycles. The number of aliphatic hydroxyl groups excluding tert-OH is 4. The smallest absolute Gasteiger partial charge is 0.295 e. The van der Waals surface area contributed by atoms with E-state index in [1.165, 1.54) is 46.2 Å². The van der Waals surface area contributed by atoms with Crippen molar-refractivity contribution in [1.82, 2.24) is 29.9 Å². The van der Waals surface area contributed by atoms with E-state index in [0.29, 0.717) is 0 Å². The van der Waals surface area contributed by atoms with Gasteiger partial charge >= 0.3 is 0 Å². The Labute approximate surface area is 363 Å². The zero-order valence-corrected chi connectivity index (χ0v) is 35.9. The molecule has 2 heterocycles. The summed E-state index contributed by atoms with van der Waals surface area (Å²) in [6.45, 7) is -0.836. The van der Waals surface area contributed by atoms with E-state index in [1.807, 2.05) is 0 Å². The Bertz CT molecular complexity index is 1980. The molecule has 0 aliphatic carbocycles. The SMILES string of the molecule is O=S(=O)(O)c1cc(Nc2nc(Cl)nc(N(CCO)CCO)n2)ccc1C=Cc1ccc(Nc2nc(Cl)nc(N(CCO)CCO)n2)cc1S(=O)(=O)O.[Na].[Na]. The topological polar surface area (TPSA) is 298 Å². The van der Waals surface area contributed by atoms with Crippen LogP contribution in [0, 0.1) is 0 Å². The summed E-state index contributed by atoms with van der Waals surface area (Å²) in [6, 6.07) is 7.49. The van der Waals surface area contributed by atoms with Crippen LogP contribution in [0.2, 0.25) is 10.6 Å². The van der Waals surface area contributed by atoms with Crippen LogP contribution in [0.15, 0.2) is 46.2 Å². The number of hydrogen-bond donors (Lipinski definition) is 8. The van der Waals surface area contributed by atoms with Crippen LogP contribution in [0.4, 0.5) is 35.2 Å². The molecule has 2 aromatic heterocycles. The largest absolute Gasteiger partial charge is 0.395 e. The van der Waals surface area contributed by atoms with Crippen LogP contribution >= 0.6 is 23.2 Å². The Kier molecular flexibility index (Phi) is 19.3. The van der Waals surface area contributed by atoms with Crippen molar-refractivity contribution in [3.05, 3.63) is 58.1 Å². The molecule has 4 rings (SSSR count). The van der Waals surface area contributed by atoms with E-state index in [4.69, 9.17) is 23.2 Å². The second-order valence-corrected chi connectivity index (χ2v) is 13.8. The fourth-order valence-corrected chi connectivity index (χ4v) is 6.30. The number of aliphatic hydroxyl groups is 4. The van der Waals surface area contributed by atoms with Gasteiger partial charge in [0, 0.05) is 96.7 Å². The number of halogens is 2. The first-order chi connectivity index (χ1) is 24.6. The molecule has 0 unspecified atom stereocenters. The zero-order valence-electron chi connectivity index (χ0n) is 28.7. The minimum Gasteiger partial charge on any atom is -0.395 e. The Hall–Kier alpha value is -2.36. The molecule has 0 aliphatic rings. The number of nitrogens with one attached hydrogen (secondary N) is 2. The van der Waals surface area contributed by atoms with Crippen molar-refractivity contribution in [2.24, 2.45) is 0 Å². The first-order valence-corrected chi connectivity index (χ1v) is 18.5. The Morgan fingerprint density at radius 2 is 0.907 bits per heavy atom. The van der Waals surface area contributed by atoms with Gasteiger partial charge in [0.1, 0.15) is 9.79 Å². The van der Waals surface area contributed by atoms with E-state index in [9.17, 15) is 46.4 Å². The van der Waals surface area contributed by atoms with Crippen LogP contribution in [0.1, 0.15) is 11.1 Å². The molecule has 2 radical (unpaired) electrons. The number of benzene rings is 2. The normalized spacial score (nSPS) is 11.5. The van der Waals surface area contributed by atoms with Crippen LogP contribution in [0.25, 0.3) is 12.2 Å². The van der Waals surface area contributed by atoms with Gasteiger partial charge in [-0.25, -0.2) is 0 Å². The fourth-order valence-electron chi connectivity index (χ4n) is 4.56. The third kappa shape index (κ3) is 13.7. The summed E-state index contributed by atoms with van der Waals surface area (Å²) in [5.41, 5.74) is 0.0111. The number of hydrogen-bond acceptors (Lipinski definition) is 18. The monoisotopic (exact) mass is 848 g/mol. The maximum atomic E-state index is 12.4. The second kappa shape index (κ2) is 21.8. The average Bonchev–Trinajstić information content (AvgIpc) is 3.06. The fraction of sp³-hybridized carbons (Fsp3) is 0.286. The van der Waals surface area contributed by atoms with Crippen LogP contribution in [0.5, 0.6) is 0 Å². The summed E-state index contributed by atoms with van der Waals surface area (Å²) >= 11 is 12.1. The summed E-state index contributed by atoms with van der Waals surface area (Å²) in [4.78, 5) is 25.9. The van der Waals surface area contributed by atoms with E-state index in [2.05, 4.69) is 40.5 Å². The summed E-state index contributed by atoms with van der Waals surface area (Å²) < 4.78 is 69.6. The van der Waals surface area contributed by atoms with Gasteiger partial charge in [-0.2, -0.15) is 46.7 Å². The molecule has 0 atom stereocenters. The van der Waals surface area contributed by atoms with E-state index >= 15 is 0 Å². The molecule has 2 aromatic carbocycles. The molecule has 8 N–H and O–H groups in total. The van der Waals surface area contributed by atoms with Crippen LogP contribution < -0.4 is 20.4 Å². The summed E-state index contributed by atoms with van der Waals surface area (Å²) in [5.74, 6) is -0.230. The van der Waals surface area contributed by atoms with Gasteiger partial charge in [0.05, 0.1) is 26.4 Å². The molecular weight excluding hydrogens is 817 g/mol. The van der Waals surface area contributed by atoms with Gasteiger partial charge < -0.3 is 40.9 Å².